The highest BCUT2D eigenvalue weighted by Crippen LogP contribution is 2.25. The topological polar surface area (TPSA) is 49.3 Å². The zero-order valence-corrected chi connectivity index (χ0v) is 12.6. The van der Waals surface area contributed by atoms with Crippen molar-refractivity contribution in [3.63, 3.8) is 0 Å². The van der Waals surface area contributed by atoms with E-state index in [1.165, 1.54) is 4.90 Å². The molecule has 0 aromatic heterocycles. The van der Waals surface area contributed by atoms with E-state index in [1.54, 1.807) is 11.8 Å². The Labute approximate surface area is 125 Å². The summed E-state index contributed by atoms with van der Waals surface area (Å²) in [4.78, 5) is 13.1. The van der Waals surface area contributed by atoms with E-state index in [0.29, 0.717) is 6.42 Å². The SMILES string of the molecule is O=C(CCCSc1ccccc1)NC1CCCC1CO. The maximum atomic E-state index is 11.9. The van der Waals surface area contributed by atoms with Crippen molar-refractivity contribution in [1.29, 1.82) is 0 Å². The van der Waals surface area contributed by atoms with E-state index in [1.807, 2.05) is 18.2 Å². The van der Waals surface area contributed by atoms with Gasteiger partial charge < -0.3 is 10.4 Å². The van der Waals surface area contributed by atoms with Gasteiger partial charge in [-0.25, -0.2) is 0 Å². The number of aliphatic hydroxyl groups excluding tert-OH is 1. The number of benzene rings is 1. The normalized spacial score (nSPS) is 21.9. The maximum Gasteiger partial charge on any atom is 0.220 e. The first-order valence-electron chi connectivity index (χ1n) is 7.37. The standard InChI is InChI=1S/C16H23NO2S/c18-12-13-6-4-9-15(13)17-16(19)10-5-11-20-14-7-2-1-3-8-14/h1-3,7-8,13,15,18H,4-6,9-12H2,(H,17,19). The lowest BCUT2D eigenvalue weighted by atomic mass is 10.1. The monoisotopic (exact) mass is 293 g/mol. The van der Waals surface area contributed by atoms with Crippen LogP contribution in [0.3, 0.4) is 0 Å². The van der Waals surface area contributed by atoms with Crippen molar-refractivity contribution in [2.75, 3.05) is 12.4 Å². The maximum absolute atomic E-state index is 11.9. The fraction of sp³-hybridized carbons (Fsp3) is 0.562. The summed E-state index contributed by atoms with van der Waals surface area (Å²) >= 11 is 1.79. The van der Waals surface area contributed by atoms with E-state index in [9.17, 15) is 9.90 Å². The quantitative estimate of drug-likeness (QED) is 0.600. The fourth-order valence-corrected chi connectivity index (χ4v) is 3.54. The van der Waals surface area contributed by atoms with Crippen molar-refractivity contribution in [2.24, 2.45) is 5.92 Å². The first kappa shape index (κ1) is 15.4. The highest BCUT2D eigenvalue weighted by Gasteiger charge is 2.27. The van der Waals surface area contributed by atoms with Crippen LogP contribution in [-0.4, -0.2) is 29.4 Å². The number of rotatable bonds is 7. The van der Waals surface area contributed by atoms with E-state index in [0.717, 1.165) is 31.4 Å². The Bertz CT molecular complexity index is 410. The highest BCUT2D eigenvalue weighted by molar-refractivity contribution is 7.99. The number of amides is 1. The first-order chi connectivity index (χ1) is 9.79. The Kier molecular flexibility index (Phi) is 6.40. The molecule has 0 bridgehead atoms. The van der Waals surface area contributed by atoms with E-state index in [2.05, 4.69) is 17.4 Å². The molecular formula is C16H23NO2S. The van der Waals surface area contributed by atoms with Crippen molar-refractivity contribution >= 4 is 17.7 Å². The molecule has 1 saturated carbocycles. The molecule has 0 heterocycles. The van der Waals surface area contributed by atoms with Crippen LogP contribution >= 0.6 is 11.8 Å². The van der Waals surface area contributed by atoms with E-state index in [4.69, 9.17) is 0 Å². The average Bonchev–Trinajstić information content (AvgIpc) is 2.92. The molecule has 1 fully saturated rings. The van der Waals surface area contributed by atoms with Crippen molar-refractivity contribution in [3.05, 3.63) is 30.3 Å². The molecule has 2 atom stereocenters. The van der Waals surface area contributed by atoms with Crippen molar-refractivity contribution in [1.82, 2.24) is 5.32 Å². The Balaban J connectivity index is 1.61. The number of hydrogen-bond acceptors (Lipinski definition) is 3. The summed E-state index contributed by atoms with van der Waals surface area (Å²) in [6.07, 6.45) is 4.62. The number of aliphatic hydroxyl groups is 1. The minimum atomic E-state index is 0.129. The molecular weight excluding hydrogens is 270 g/mol. The number of carbonyl (C=O) groups is 1. The first-order valence-corrected chi connectivity index (χ1v) is 8.36. The molecule has 1 aliphatic carbocycles. The summed E-state index contributed by atoms with van der Waals surface area (Å²) in [6, 6.07) is 10.4. The van der Waals surface area contributed by atoms with E-state index in [-0.39, 0.29) is 24.5 Å². The van der Waals surface area contributed by atoms with Gasteiger partial charge in [-0.15, -0.1) is 11.8 Å². The smallest absolute Gasteiger partial charge is 0.220 e. The van der Waals surface area contributed by atoms with E-state index >= 15 is 0 Å². The lowest BCUT2D eigenvalue weighted by molar-refractivity contribution is -0.122. The Morgan fingerprint density at radius 3 is 2.85 bits per heavy atom. The second kappa shape index (κ2) is 8.32. The van der Waals surface area contributed by atoms with Gasteiger partial charge in [-0.05, 0) is 37.1 Å². The number of hydrogen-bond donors (Lipinski definition) is 2. The van der Waals surface area contributed by atoms with Crippen LogP contribution < -0.4 is 5.32 Å². The van der Waals surface area contributed by atoms with Crippen LogP contribution in [0.5, 0.6) is 0 Å². The van der Waals surface area contributed by atoms with Crippen molar-refractivity contribution in [3.8, 4) is 0 Å². The molecule has 1 amide bonds. The summed E-state index contributed by atoms with van der Waals surface area (Å²) in [7, 11) is 0. The van der Waals surface area contributed by atoms with Crippen LogP contribution in [0, 0.1) is 5.92 Å². The molecule has 0 aliphatic heterocycles. The molecule has 2 rings (SSSR count). The second-order valence-corrected chi connectivity index (χ2v) is 6.48. The van der Waals surface area contributed by atoms with Crippen LogP contribution in [0.15, 0.2) is 35.2 Å². The molecule has 4 heteroatoms. The Hall–Kier alpha value is -1.00. The third-order valence-corrected chi connectivity index (χ3v) is 4.90. The fourth-order valence-electron chi connectivity index (χ4n) is 2.66. The Morgan fingerprint density at radius 1 is 1.30 bits per heavy atom. The predicted octanol–water partition coefficient (Wildman–Crippen LogP) is 2.84. The van der Waals surface area contributed by atoms with Crippen LogP contribution in [0.25, 0.3) is 0 Å². The summed E-state index contributed by atoms with van der Waals surface area (Å²) in [6.45, 7) is 0.189. The van der Waals surface area contributed by atoms with Crippen LogP contribution in [0.1, 0.15) is 32.1 Å². The van der Waals surface area contributed by atoms with Crippen molar-refractivity contribution < 1.29 is 9.90 Å². The molecule has 0 spiro atoms. The molecule has 2 unspecified atom stereocenters. The summed E-state index contributed by atoms with van der Waals surface area (Å²) in [5, 5.41) is 12.3. The number of nitrogens with one attached hydrogen (secondary N) is 1. The van der Waals surface area contributed by atoms with Gasteiger partial charge in [-0.1, -0.05) is 24.6 Å². The molecule has 20 heavy (non-hydrogen) atoms. The zero-order valence-electron chi connectivity index (χ0n) is 11.8. The van der Waals surface area contributed by atoms with Gasteiger partial charge in [0, 0.05) is 29.9 Å². The second-order valence-electron chi connectivity index (χ2n) is 5.31. The van der Waals surface area contributed by atoms with Gasteiger partial charge in [-0.3, -0.25) is 4.79 Å². The summed E-state index contributed by atoms with van der Waals surface area (Å²) in [5.41, 5.74) is 0. The minimum Gasteiger partial charge on any atom is -0.396 e. The Morgan fingerprint density at radius 2 is 2.10 bits per heavy atom. The average molecular weight is 293 g/mol. The van der Waals surface area contributed by atoms with Gasteiger partial charge in [0.15, 0.2) is 0 Å². The van der Waals surface area contributed by atoms with Gasteiger partial charge in [0.1, 0.15) is 0 Å². The van der Waals surface area contributed by atoms with Gasteiger partial charge in [0.05, 0.1) is 0 Å². The van der Waals surface area contributed by atoms with E-state index < -0.39 is 0 Å². The summed E-state index contributed by atoms with van der Waals surface area (Å²) in [5.74, 6) is 1.35. The van der Waals surface area contributed by atoms with Crippen LogP contribution in [0.2, 0.25) is 0 Å². The molecule has 1 aliphatic rings. The molecule has 0 saturated heterocycles. The third kappa shape index (κ3) is 4.84. The zero-order chi connectivity index (χ0) is 14.2. The number of carbonyl (C=O) groups excluding carboxylic acids is 1. The van der Waals surface area contributed by atoms with Crippen molar-refractivity contribution in [2.45, 2.75) is 43.0 Å². The lowest BCUT2D eigenvalue weighted by Crippen LogP contribution is -2.38. The molecule has 2 N–H and O–H groups in total. The van der Waals surface area contributed by atoms with Crippen LogP contribution in [0.4, 0.5) is 0 Å². The molecule has 3 nitrogen and oxygen atoms in total. The summed E-state index contributed by atoms with van der Waals surface area (Å²) < 4.78 is 0. The predicted molar refractivity (Wildman–Crippen MR) is 82.8 cm³/mol. The highest BCUT2D eigenvalue weighted by atomic mass is 32.2. The molecule has 1 aromatic rings. The lowest BCUT2D eigenvalue weighted by Gasteiger charge is -2.18. The van der Waals surface area contributed by atoms with Gasteiger partial charge in [-0.2, -0.15) is 0 Å². The molecule has 110 valence electrons. The number of thioether (sulfide) groups is 1. The third-order valence-electron chi connectivity index (χ3n) is 3.80. The molecule has 0 radical (unpaired) electrons. The van der Waals surface area contributed by atoms with Crippen LogP contribution in [-0.2, 0) is 4.79 Å². The minimum absolute atomic E-state index is 0.129. The van der Waals surface area contributed by atoms with Gasteiger partial charge in [0.2, 0.25) is 5.91 Å². The molecule has 1 aromatic carbocycles. The van der Waals surface area contributed by atoms with Gasteiger partial charge >= 0.3 is 0 Å². The largest absolute Gasteiger partial charge is 0.396 e. The van der Waals surface area contributed by atoms with Gasteiger partial charge in [0.25, 0.3) is 0 Å².